The molecule has 0 radical (unpaired) electrons. The predicted octanol–water partition coefficient (Wildman–Crippen LogP) is 3.06. The number of aromatic nitrogens is 3. The van der Waals surface area contributed by atoms with Crippen molar-refractivity contribution in [1.82, 2.24) is 15.0 Å². The van der Waals surface area contributed by atoms with Crippen molar-refractivity contribution < 1.29 is 0 Å². The summed E-state index contributed by atoms with van der Waals surface area (Å²) in [6.45, 7) is 3.80. The van der Waals surface area contributed by atoms with Crippen LogP contribution in [-0.2, 0) is 13.1 Å². The highest BCUT2D eigenvalue weighted by atomic mass is 79.9. The molecule has 0 saturated heterocycles. The summed E-state index contributed by atoms with van der Waals surface area (Å²) in [6, 6.07) is 8.26. The van der Waals surface area contributed by atoms with Crippen molar-refractivity contribution in [3.63, 3.8) is 0 Å². The van der Waals surface area contributed by atoms with Crippen LogP contribution in [0.1, 0.15) is 18.9 Å². The number of hydrogen-bond donors (Lipinski definition) is 1. The van der Waals surface area contributed by atoms with E-state index in [0.717, 1.165) is 29.8 Å². The molecule has 2 rings (SSSR count). The van der Waals surface area contributed by atoms with E-state index in [-0.39, 0.29) is 0 Å². The Kier molecular flexibility index (Phi) is 4.14. The second-order valence-electron chi connectivity index (χ2n) is 3.82. The van der Waals surface area contributed by atoms with Gasteiger partial charge >= 0.3 is 0 Å². The maximum absolute atomic E-state index is 4.03. The Morgan fingerprint density at radius 2 is 2.06 bits per heavy atom. The minimum atomic E-state index is 0.782. The molecule has 1 N–H and O–H groups in total. The predicted molar refractivity (Wildman–Crippen MR) is 71.8 cm³/mol. The number of rotatable bonds is 5. The summed E-state index contributed by atoms with van der Waals surface area (Å²) in [7, 11) is 0. The minimum absolute atomic E-state index is 0.782. The van der Waals surface area contributed by atoms with Crippen LogP contribution in [0.15, 0.2) is 34.9 Å². The molecule has 1 heterocycles. The maximum Gasteiger partial charge on any atom is 0.145 e. The Morgan fingerprint density at radius 1 is 1.29 bits per heavy atom. The highest BCUT2D eigenvalue weighted by Gasteiger charge is 2.01. The topological polar surface area (TPSA) is 42.7 Å². The largest absolute Gasteiger partial charge is 0.365 e. The Bertz CT molecular complexity index is 464. The van der Waals surface area contributed by atoms with Crippen LogP contribution in [0, 0.1) is 0 Å². The molecular weight excluding hydrogens is 280 g/mol. The van der Waals surface area contributed by atoms with Crippen molar-refractivity contribution in [2.75, 3.05) is 5.32 Å². The van der Waals surface area contributed by atoms with Crippen LogP contribution in [-0.4, -0.2) is 15.0 Å². The number of benzene rings is 1. The van der Waals surface area contributed by atoms with Gasteiger partial charge in [0.15, 0.2) is 0 Å². The van der Waals surface area contributed by atoms with Crippen molar-refractivity contribution in [3.05, 3.63) is 40.5 Å². The quantitative estimate of drug-likeness (QED) is 0.922. The molecule has 1 aromatic heterocycles. The smallest absolute Gasteiger partial charge is 0.145 e. The van der Waals surface area contributed by atoms with Crippen LogP contribution in [0.4, 0.5) is 5.82 Å². The summed E-state index contributed by atoms with van der Waals surface area (Å²) in [5.41, 5.74) is 1.23. The lowest BCUT2D eigenvalue weighted by Crippen LogP contribution is -2.07. The van der Waals surface area contributed by atoms with Crippen LogP contribution in [0.5, 0.6) is 0 Å². The van der Waals surface area contributed by atoms with Gasteiger partial charge in [-0.15, -0.1) is 5.10 Å². The molecule has 0 saturated carbocycles. The zero-order valence-electron chi connectivity index (χ0n) is 9.73. The van der Waals surface area contributed by atoms with Gasteiger partial charge in [0.2, 0.25) is 0 Å². The third kappa shape index (κ3) is 3.30. The van der Waals surface area contributed by atoms with E-state index in [9.17, 15) is 0 Å². The number of hydrogen-bond acceptors (Lipinski definition) is 3. The van der Waals surface area contributed by atoms with Gasteiger partial charge in [-0.05, 0) is 24.1 Å². The average Bonchev–Trinajstić information content (AvgIpc) is 2.77. The molecule has 0 bridgehead atoms. The Balaban J connectivity index is 1.97. The molecule has 1 aromatic carbocycles. The highest BCUT2D eigenvalue weighted by Crippen LogP contribution is 2.12. The van der Waals surface area contributed by atoms with Gasteiger partial charge in [0, 0.05) is 17.6 Å². The molecule has 2 aromatic rings. The van der Waals surface area contributed by atoms with Crippen LogP contribution >= 0.6 is 15.9 Å². The van der Waals surface area contributed by atoms with Crippen molar-refractivity contribution in [2.45, 2.75) is 26.4 Å². The molecule has 0 atom stereocenters. The van der Waals surface area contributed by atoms with Gasteiger partial charge in [-0.25, -0.2) is 4.68 Å². The lowest BCUT2D eigenvalue weighted by Gasteiger charge is -2.07. The fourth-order valence-electron chi connectivity index (χ4n) is 1.57. The summed E-state index contributed by atoms with van der Waals surface area (Å²) in [5.74, 6) is 0.967. The van der Waals surface area contributed by atoms with Crippen molar-refractivity contribution in [1.29, 1.82) is 0 Å². The van der Waals surface area contributed by atoms with Gasteiger partial charge in [-0.2, -0.15) is 0 Å². The average molecular weight is 295 g/mol. The number of aryl methyl sites for hydroxylation is 1. The number of anilines is 1. The highest BCUT2D eigenvalue weighted by molar-refractivity contribution is 9.10. The first kappa shape index (κ1) is 12.1. The second kappa shape index (κ2) is 5.82. The van der Waals surface area contributed by atoms with Crippen LogP contribution in [0.3, 0.4) is 0 Å². The first-order valence-corrected chi connectivity index (χ1v) is 6.45. The monoisotopic (exact) mass is 294 g/mol. The van der Waals surface area contributed by atoms with Gasteiger partial charge in [0.1, 0.15) is 5.82 Å². The number of halogens is 1. The Morgan fingerprint density at radius 3 is 2.76 bits per heavy atom. The van der Waals surface area contributed by atoms with Gasteiger partial charge in [0.05, 0.1) is 6.20 Å². The Hall–Kier alpha value is -1.36. The van der Waals surface area contributed by atoms with Crippen molar-refractivity contribution in [3.8, 4) is 0 Å². The molecule has 5 heteroatoms. The third-order valence-corrected chi connectivity index (χ3v) is 2.97. The molecule has 0 aliphatic heterocycles. The summed E-state index contributed by atoms with van der Waals surface area (Å²) in [5, 5.41) is 11.3. The lowest BCUT2D eigenvalue weighted by molar-refractivity contribution is 0.583. The summed E-state index contributed by atoms with van der Waals surface area (Å²) in [6.07, 6.45) is 2.81. The molecule has 0 spiro atoms. The third-order valence-electron chi connectivity index (χ3n) is 2.44. The van der Waals surface area contributed by atoms with E-state index in [1.54, 1.807) is 6.20 Å². The summed E-state index contributed by atoms with van der Waals surface area (Å²) < 4.78 is 2.98. The van der Waals surface area contributed by atoms with Crippen molar-refractivity contribution >= 4 is 21.7 Å². The zero-order chi connectivity index (χ0) is 12.1. The van der Waals surface area contributed by atoms with Crippen LogP contribution in [0.25, 0.3) is 0 Å². The lowest BCUT2D eigenvalue weighted by atomic mass is 10.2. The first-order chi connectivity index (χ1) is 8.29. The SMILES string of the molecule is CCCn1nncc1NCc1ccc(Br)cc1. The van der Waals surface area contributed by atoms with E-state index in [1.165, 1.54) is 5.56 Å². The molecule has 0 fully saturated rings. The summed E-state index contributed by atoms with van der Waals surface area (Å²) in [4.78, 5) is 0. The summed E-state index contributed by atoms with van der Waals surface area (Å²) >= 11 is 3.42. The first-order valence-electron chi connectivity index (χ1n) is 5.66. The van der Waals surface area contributed by atoms with Gasteiger partial charge in [0.25, 0.3) is 0 Å². The van der Waals surface area contributed by atoms with E-state index < -0.39 is 0 Å². The fraction of sp³-hybridized carbons (Fsp3) is 0.333. The van der Waals surface area contributed by atoms with E-state index in [1.807, 2.05) is 16.8 Å². The molecule has 90 valence electrons. The molecule has 17 heavy (non-hydrogen) atoms. The van der Waals surface area contributed by atoms with Crippen LogP contribution in [0.2, 0.25) is 0 Å². The molecule has 0 amide bonds. The standard InChI is InChI=1S/C12H15BrN4/c1-2-7-17-12(9-15-16-17)14-8-10-3-5-11(13)6-4-10/h3-6,9,14H,2,7-8H2,1H3. The molecule has 0 aliphatic rings. The van der Waals surface area contributed by atoms with E-state index >= 15 is 0 Å². The molecular formula is C12H15BrN4. The zero-order valence-corrected chi connectivity index (χ0v) is 11.3. The molecule has 0 unspecified atom stereocenters. The van der Waals surface area contributed by atoms with Crippen LogP contribution < -0.4 is 5.32 Å². The maximum atomic E-state index is 4.03. The van der Waals surface area contributed by atoms with Gasteiger partial charge in [-0.1, -0.05) is 40.2 Å². The van der Waals surface area contributed by atoms with Gasteiger partial charge in [-0.3, -0.25) is 0 Å². The minimum Gasteiger partial charge on any atom is -0.365 e. The number of nitrogens with zero attached hydrogens (tertiary/aromatic N) is 3. The normalized spacial score (nSPS) is 10.5. The van der Waals surface area contributed by atoms with E-state index in [0.29, 0.717) is 0 Å². The molecule has 4 nitrogen and oxygen atoms in total. The Labute approximate surface area is 109 Å². The molecule has 0 aliphatic carbocycles. The fourth-order valence-corrected chi connectivity index (χ4v) is 1.83. The number of nitrogens with one attached hydrogen (secondary N) is 1. The van der Waals surface area contributed by atoms with E-state index in [2.05, 4.69) is 50.6 Å². The van der Waals surface area contributed by atoms with Crippen molar-refractivity contribution in [2.24, 2.45) is 0 Å². The van der Waals surface area contributed by atoms with Gasteiger partial charge < -0.3 is 5.32 Å². The second-order valence-corrected chi connectivity index (χ2v) is 4.74. The van der Waals surface area contributed by atoms with E-state index in [4.69, 9.17) is 0 Å².